The summed E-state index contributed by atoms with van der Waals surface area (Å²) in [7, 11) is 1.32. The van der Waals surface area contributed by atoms with Crippen LogP contribution in [0.2, 0.25) is 10.0 Å². The molecule has 0 radical (unpaired) electrons. The van der Waals surface area contributed by atoms with Gasteiger partial charge in [-0.15, -0.1) is 0 Å². The summed E-state index contributed by atoms with van der Waals surface area (Å²) in [5, 5.41) is 4.87. The Labute approximate surface area is 210 Å². The number of nitrogens with zero attached hydrogens (tertiary/aromatic N) is 4. The van der Waals surface area contributed by atoms with Crippen molar-refractivity contribution in [3.8, 4) is 0 Å². The van der Waals surface area contributed by atoms with Crippen LogP contribution in [0.4, 0.5) is 5.82 Å². The lowest BCUT2D eigenvalue weighted by molar-refractivity contribution is -0.145. The third-order valence-corrected chi connectivity index (χ3v) is 6.72. The SMILES string of the molecule is COC(=O)[C@@H]1CCCN1C(=O)c1cc2ncnc(N[C@@H](C)c3nc4cc(Cl)ccc4[nH]3)c2cc1Cl. The van der Waals surface area contributed by atoms with Gasteiger partial charge in [0.1, 0.15) is 24.0 Å². The van der Waals surface area contributed by atoms with E-state index in [0.717, 1.165) is 23.3 Å². The van der Waals surface area contributed by atoms with E-state index < -0.39 is 12.0 Å². The van der Waals surface area contributed by atoms with Crippen LogP contribution in [0.25, 0.3) is 21.9 Å². The van der Waals surface area contributed by atoms with Crippen LogP contribution < -0.4 is 5.32 Å². The Kier molecular flexibility index (Phi) is 6.21. The van der Waals surface area contributed by atoms with Crippen molar-refractivity contribution in [3.05, 3.63) is 58.1 Å². The van der Waals surface area contributed by atoms with Gasteiger partial charge in [0, 0.05) is 17.0 Å². The molecule has 1 aliphatic heterocycles. The number of nitrogens with one attached hydrogen (secondary N) is 2. The van der Waals surface area contributed by atoms with E-state index in [9.17, 15) is 9.59 Å². The van der Waals surface area contributed by atoms with E-state index in [1.54, 1.807) is 24.3 Å². The highest BCUT2D eigenvalue weighted by atomic mass is 35.5. The van der Waals surface area contributed by atoms with Crippen molar-refractivity contribution in [2.24, 2.45) is 0 Å². The number of hydrogen-bond acceptors (Lipinski definition) is 7. The first kappa shape index (κ1) is 23.3. The average molecular weight is 513 g/mol. The number of benzene rings is 2. The first-order chi connectivity index (χ1) is 16.9. The van der Waals surface area contributed by atoms with Gasteiger partial charge in [0.25, 0.3) is 5.91 Å². The molecule has 0 unspecified atom stereocenters. The maximum Gasteiger partial charge on any atom is 0.328 e. The molecule has 180 valence electrons. The summed E-state index contributed by atoms with van der Waals surface area (Å²) in [6.07, 6.45) is 2.70. The molecule has 1 aliphatic rings. The Bertz CT molecular complexity index is 1460. The van der Waals surface area contributed by atoms with Gasteiger partial charge in [-0.3, -0.25) is 4.79 Å². The van der Waals surface area contributed by atoms with Gasteiger partial charge in [0.2, 0.25) is 0 Å². The lowest BCUT2D eigenvalue weighted by Crippen LogP contribution is -2.41. The lowest BCUT2D eigenvalue weighted by Gasteiger charge is -2.23. The van der Waals surface area contributed by atoms with Crippen molar-refractivity contribution in [1.82, 2.24) is 24.8 Å². The second-order valence-corrected chi connectivity index (χ2v) is 9.24. The Balaban J connectivity index is 1.44. The molecule has 2 aromatic heterocycles. The van der Waals surface area contributed by atoms with Crippen molar-refractivity contribution in [1.29, 1.82) is 0 Å². The zero-order chi connectivity index (χ0) is 24.7. The minimum absolute atomic E-state index is 0.218. The van der Waals surface area contributed by atoms with Gasteiger partial charge in [-0.05, 0) is 50.1 Å². The number of halogens is 2. The molecule has 35 heavy (non-hydrogen) atoms. The number of carbonyl (C=O) groups is 2. The number of amides is 1. The molecule has 0 saturated carbocycles. The number of H-pyrrole nitrogens is 1. The van der Waals surface area contributed by atoms with Gasteiger partial charge in [0.05, 0.1) is 40.3 Å². The van der Waals surface area contributed by atoms with E-state index >= 15 is 0 Å². The highest BCUT2D eigenvalue weighted by Gasteiger charge is 2.36. The molecule has 0 spiro atoms. The average Bonchev–Trinajstić information content (AvgIpc) is 3.50. The van der Waals surface area contributed by atoms with Crippen molar-refractivity contribution in [2.75, 3.05) is 19.0 Å². The Morgan fingerprint density at radius 2 is 2.03 bits per heavy atom. The van der Waals surface area contributed by atoms with Gasteiger partial charge >= 0.3 is 5.97 Å². The summed E-state index contributed by atoms with van der Waals surface area (Å²) >= 11 is 12.6. The lowest BCUT2D eigenvalue weighted by atomic mass is 10.1. The molecule has 0 aliphatic carbocycles. The summed E-state index contributed by atoms with van der Waals surface area (Å²) in [5.41, 5.74) is 2.48. The van der Waals surface area contributed by atoms with Crippen LogP contribution in [0.1, 0.15) is 42.0 Å². The molecule has 11 heteroatoms. The van der Waals surface area contributed by atoms with Crippen molar-refractivity contribution in [3.63, 3.8) is 0 Å². The molecule has 2 N–H and O–H groups in total. The number of imidazole rings is 1. The zero-order valence-electron chi connectivity index (χ0n) is 19.0. The number of hydrogen-bond donors (Lipinski definition) is 2. The molecule has 5 rings (SSSR count). The third kappa shape index (κ3) is 4.37. The molecule has 4 aromatic rings. The van der Waals surface area contributed by atoms with Gasteiger partial charge in [-0.1, -0.05) is 23.2 Å². The Morgan fingerprint density at radius 3 is 2.83 bits per heavy atom. The number of carbonyl (C=O) groups excluding carboxylic acids is 2. The monoisotopic (exact) mass is 512 g/mol. The third-order valence-electron chi connectivity index (χ3n) is 6.17. The van der Waals surface area contributed by atoms with E-state index in [0.29, 0.717) is 34.7 Å². The summed E-state index contributed by atoms with van der Waals surface area (Å²) in [4.78, 5) is 43.5. The number of anilines is 1. The fourth-order valence-electron chi connectivity index (χ4n) is 4.38. The fourth-order valence-corrected chi connectivity index (χ4v) is 4.79. The van der Waals surface area contributed by atoms with Crippen molar-refractivity contribution < 1.29 is 14.3 Å². The van der Waals surface area contributed by atoms with Crippen LogP contribution >= 0.6 is 23.2 Å². The maximum absolute atomic E-state index is 13.3. The molecule has 1 saturated heterocycles. The number of likely N-dealkylation sites (tertiary alicyclic amines) is 1. The van der Waals surface area contributed by atoms with Gasteiger partial charge in [0.15, 0.2) is 0 Å². The van der Waals surface area contributed by atoms with E-state index in [-0.39, 0.29) is 22.5 Å². The van der Waals surface area contributed by atoms with Crippen LogP contribution in [0.5, 0.6) is 0 Å². The van der Waals surface area contributed by atoms with E-state index in [4.69, 9.17) is 27.9 Å². The number of esters is 1. The smallest absolute Gasteiger partial charge is 0.328 e. The second-order valence-electron chi connectivity index (χ2n) is 8.40. The predicted octanol–water partition coefficient (Wildman–Crippen LogP) is 4.76. The van der Waals surface area contributed by atoms with E-state index in [1.807, 2.05) is 13.0 Å². The molecular formula is C24H22Cl2N6O3. The molecule has 2 atom stereocenters. The standard InChI is InChI=1S/C24H22Cl2N6O3/c1-12(21-30-17-6-5-13(25)8-19(17)31-21)29-22-15-9-16(26)14(10-18(15)27-11-28-22)23(33)32-7-3-4-20(32)24(34)35-2/h5-6,8-12,20H,3-4,7H2,1-2H3,(H,30,31)(H,27,28,29)/t12-,20-/m0/s1. The minimum Gasteiger partial charge on any atom is -0.467 e. The molecule has 0 bridgehead atoms. The minimum atomic E-state index is -0.610. The summed E-state index contributed by atoms with van der Waals surface area (Å²) < 4.78 is 4.86. The number of aromatic amines is 1. The van der Waals surface area contributed by atoms with E-state index in [1.165, 1.54) is 18.3 Å². The molecule has 9 nitrogen and oxygen atoms in total. The molecule has 1 fully saturated rings. The second kappa shape index (κ2) is 9.31. The number of fused-ring (bicyclic) bond motifs is 2. The van der Waals surface area contributed by atoms with Gasteiger partial charge in [-0.2, -0.15) is 0 Å². The first-order valence-corrected chi connectivity index (χ1v) is 11.9. The van der Waals surface area contributed by atoms with Crippen LogP contribution in [-0.4, -0.2) is 56.4 Å². The number of methoxy groups -OCH3 is 1. The number of aromatic nitrogens is 4. The summed E-state index contributed by atoms with van der Waals surface area (Å²) in [6, 6.07) is 7.95. The van der Waals surface area contributed by atoms with Crippen LogP contribution in [0, 0.1) is 0 Å². The highest BCUT2D eigenvalue weighted by Crippen LogP contribution is 2.31. The van der Waals surface area contributed by atoms with Crippen molar-refractivity contribution >= 4 is 62.8 Å². The maximum atomic E-state index is 13.3. The predicted molar refractivity (Wildman–Crippen MR) is 134 cm³/mol. The molecule has 1 amide bonds. The van der Waals surface area contributed by atoms with E-state index in [2.05, 4.69) is 25.3 Å². The van der Waals surface area contributed by atoms with Crippen LogP contribution in [0.3, 0.4) is 0 Å². The summed E-state index contributed by atoms with van der Waals surface area (Å²) in [5.74, 6) is 0.515. The van der Waals surface area contributed by atoms with Crippen molar-refractivity contribution in [2.45, 2.75) is 31.8 Å². The Morgan fingerprint density at radius 1 is 1.20 bits per heavy atom. The van der Waals surface area contributed by atoms with Gasteiger partial charge in [-0.25, -0.2) is 19.7 Å². The molecule has 3 heterocycles. The summed E-state index contributed by atoms with van der Waals surface area (Å²) in [6.45, 7) is 2.41. The highest BCUT2D eigenvalue weighted by molar-refractivity contribution is 6.35. The van der Waals surface area contributed by atoms with Crippen LogP contribution in [-0.2, 0) is 9.53 Å². The quantitative estimate of drug-likeness (QED) is 0.370. The normalized spacial score (nSPS) is 16.6. The largest absolute Gasteiger partial charge is 0.467 e. The fraction of sp³-hybridized carbons (Fsp3) is 0.292. The first-order valence-electron chi connectivity index (χ1n) is 11.1. The number of rotatable bonds is 5. The zero-order valence-corrected chi connectivity index (χ0v) is 20.5. The molecule has 2 aromatic carbocycles. The Hall–Kier alpha value is -3.43. The number of ether oxygens (including phenoxy) is 1. The van der Waals surface area contributed by atoms with Crippen LogP contribution in [0.15, 0.2) is 36.7 Å². The van der Waals surface area contributed by atoms with Gasteiger partial charge < -0.3 is 19.9 Å². The molecular weight excluding hydrogens is 491 g/mol. The topological polar surface area (TPSA) is 113 Å².